The number of nitrogens with one attached hydrogen (secondary N) is 1. The van der Waals surface area contributed by atoms with Gasteiger partial charge in [-0.1, -0.05) is 25.1 Å². The van der Waals surface area contributed by atoms with Gasteiger partial charge in [-0.25, -0.2) is 4.98 Å². The summed E-state index contributed by atoms with van der Waals surface area (Å²) in [4.78, 5) is 21.5. The summed E-state index contributed by atoms with van der Waals surface area (Å²) in [5.41, 5.74) is 4.66. The van der Waals surface area contributed by atoms with Gasteiger partial charge in [-0.2, -0.15) is 0 Å². The standard InChI is InChI=1S/C22H23N3OS/c1-13-5-4-6-18-20(13)21-19(27-15(3)24-21)9-10-25(18)22(26)16-7-8-17(12-23)14(2)11-16/h4-8,11-13,20,23H,9-10H2,1-3H3. The average Bonchev–Trinajstić information content (AvgIpc) is 2.94. The van der Waals surface area contributed by atoms with Crippen LogP contribution in [0.1, 0.15) is 49.9 Å². The van der Waals surface area contributed by atoms with E-state index >= 15 is 0 Å². The second kappa shape index (κ2) is 6.89. The maximum absolute atomic E-state index is 13.4. The van der Waals surface area contributed by atoms with Crippen LogP contribution in [0, 0.1) is 25.2 Å². The number of hydrogen-bond donors (Lipinski definition) is 1. The van der Waals surface area contributed by atoms with Gasteiger partial charge in [0.25, 0.3) is 5.91 Å². The Balaban J connectivity index is 1.75. The molecule has 2 aromatic rings. The lowest BCUT2D eigenvalue weighted by atomic mass is 9.84. The number of benzene rings is 1. The summed E-state index contributed by atoms with van der Waals surface area (Å²) >= 11 is 1.75. The molecule has 4 nitrogen and oxygen atoms in total. The van der Waals surface area contributed by atoms with Crippen LogP contribution < -0.4 is 0 Å². The smallest absolute Gasteiger partial charge is 0.258 e. The van der Waals surface area contributed by atoms with E-state index in [4.69, 9.17) is 10.4 Å². The molecule has 1 aliphatic heterocycles. The Labute approximate surface area is 163 Å². The summed E-state index contributed by atoms with van der Waals surface area (Å²) < 4.78 is 0. The molecule has 0 saturated heterocycles. The lowest BCUT2D eigenvalue weighted by Crippen LogP contribution is -2.35. The molecule has 0 bridgehead atoms. The third kappa shape index (κ3) is 3.06. The van der Waals surface area contributed by atoms with Crippen molar-refractivity contribution in [2.75, 3.05) is 6.54 Å². The molecule has 2 atom stereocenters. The lowest BCUT2D eigenvalue weighted by Gasteiger charge is -2.32. The van der Waals surface area contributed by atoms with Crippen LogP contribution in [0.5, 0.6) is 0 Å². The van der Waals surface area contributed by atoms with Crippen molar-refractivity contribution in [3.05, 3.63) is 74.4 Å². The van der Waals surface area contributed by atoms with E-state index in [0.717, 1.165) is 33.9 Å². The van der Waals surface area contributed by atoms with E-state index in [1.54, 1.807) is 11.3 Å². The number of allylic oxidation sites excluding steroid dienone is 4. The molecule has 2 heterocycles. The van der Waals surface area contributed by atoms with Crippen molar-refractivity contribution in [2.45, 2.75) is 33.1 Å². The zero-order valence-corrected chi connectivity index (χ0v) is 16.6. The molecule has 1 N–H and O–H groups in total. The zero-order valence-electron chi connectivity index (χ0n) is 15.8. The van der Waals surface area contributed by atoms with Gasteiger partial charge in [-0.15, -0.1) is 11.3 Å². The summed E-state index contributed by atoms with van der Waals surface area (Å²) in [6.45, 7) is 6.87. The first-order valence-corrected chi connectivity index (χ1v) is 10.1. The number of nitrogens with zero attached hydrogens (tertiary/aromatic N) is 2. The van der Waals surface area contributed by atoms with Crippen molar-refractivity contribution in [3.8, 4) is 0 Å². The molecule has 1 aromatic heterocycles. The molecule has 5 heteroatoms. The lowest BCUT2D eigenvalue weighted by molar-refractivity contribution is 0.0797. The third-order valence-corrected chi connectivity index (χ3v) is 6.49. The monoisotopic (exact) mass is 377 g/mol. The van der Waals surface area contributed by atoms with Crippen molar-refractivity contribution in [3.63, 3.8) is 0 Å². The van der Waals surface area contributed by atoms with E-state index in [2.05, 4.69) is 32.1 Å². The van der Waals surface area contributed by atoms with Crippen LogP contribution in [0.3, 0.4) is 0 Å². The van der Waals surface area contributed by atoms with Crippen molar-refractivity contribution in [2.24, 2.45) is 5.92 Å². The molecular weight excluding hydrogens is 354 g/mol. The van der Waals surface area contributed by atoms with E-state index in [0.29, 0.717) is 18.0 Å². The van der Waals surface area contributed by atoms with Gasteiger partial charge in [0.05, 0.1) is 10.7 Å². The second-order valence-electron chi connectivity index (χ2n) is 7.28. The fraction of sp³-hybridized carbons (Fsp3) is 0.318. The second-order valence-corrected chi connectivity index (χ2v) is 8.56. The molecule has 1 aliphatic carbocycles. The zero-order chi connectivity index (χ0) is 19.1. The molecule has 0 spiro atoms. The van der Waals surface area contributed by atoms with Gasteiger partial charge < -0.3 is 10.3 Å². The molecule has 2 aliphatic rings. The Hall–Kier alpha value is -2.53. The topological polar surface area (TPSA) is 57.1 Å². The molecule has 4 rings (SSSR count). The molecular formula is C22H23N3OS. The minimum atomic E-state index is 0.0280. The maximum Gasteiger partial charge on any atom is 0.258 e. The minimum Gasteiger partial charge on any atom is -0.311 e. The Kier molecular flexibility index (Phi) is 4.56. The van der Waals surface area contributed by atoms with Crippen LogP contribution in [0.4, 0.5) is 0 Å². The van der Waals surface area contributed by atoms with Gasteiger partial charge in [-0.05, 0) is 49.1 Å². The number of amides is 1. The SMILES string of the molecule is Cc1nc2c(s1)CCN(C(=O)c1ccc(C=N)c(C)c1)C1=CC=CC(C)C12. The molecule has 0 radical (unpaired) electrons. The molecule has 2 unspecified atom stereocenters. The quantitative estimate of drug-likeness (QED) is 0.776. The maximum atomic E-state index is 13.4. The molecule has 138 valence electrons. The highest BCUT2D eigenvalue weighted by molar-refractivity contribution is 7.11. The average molecular weight is 378 g/mol. The van der Waals surface area contributed by atoms with Crippen LogP contribution in [0.15, 0.2) is 42.1 Å². The van der Waals surface area contributed by atoms with Crippen molar-refractivity contribution in [1.29, 1.82) is 5.41 Å². The highest BCUT2D eigenvalue weighted by Crippen LogP contribution is 2.42. The first kappa shape index (κ1) is 17.9. The van der Waals surface area contributed by atoms with Crippen LogP contribution in [0.2, 0.25) is 0 Å². The molecule has 1 aromatic carbocycles. The number of fused-ring (bicyclic) bond motifs is 3. The fourth-order valence-corrected chi connectivity index (χ4v) is 5.03. The van der Waals surface area contributed by atoms with E-state index in [-0.39, 0.29) is 11.8 Å². The largest absolute Gasteiger partial charge is 0.311 e. The number of hydrogen-bond acceptors (Lipinski definition) is 4. The number of aromatic nitrogens is 1. The first-order chi connectivity index (χ1) is 13.0. The predicted octanol–water partition coefficient (Wildman–Crippen LogP) is 4.63. The van der Waals surface area contributed by atoms with Crippen molar-refractivity contribution < 1.29 is 4.79 Å². The Bertz CT molecular complexity index is 985. The van der Waals surface area contributed by atoms with Crippen molar-refractivity contribution >= 4 is 23.5 Å². The highest BCUT2D eigenvalue weighted by Gasteiger charge is 2.36. The first-order valence-electron chi connectivity index (χ1n) is 9.27. The highest BCUT2D eigenvalue weighted by atomic mass is 32.1. The van der Waals surface area contributed by atoms with E-state index in [9.17, 15) is 4.79 Å². The molecule has 1 amide bonds. The van der Waals surface area contributed by atoms with E-state index in [1.165, 1.54) is 11.1 Å². The number of thiazole rings is 1. The number of carbonyl (C=O) groups is 1. The number of carbonyl (C=O) groups excluding carboxylic acids is 1. The summed E-state index contributed by atoms with van der Waals surface area (Å²) in [5, 5.41) is 8.56. The van der Waals surface area contributed by atoms with Crippen LogP contribution in [-0.2, 0) is 6.42 Å². The Morgan fingerprint density at radius 2 is 2.19 bits per heavy atom. The summed E-state index contributed by atoms with van der Waals surface area (Å²) in [5.74, 6) is 0.462. The minimum absolute atomic E-state index is 0.0280. The molecule has 0 fully saturated rings. The third-order valence-electron chi connectivity index (χ3n) is 5.45. The summed E-state index contributed by atoms with van der Waals surface area (Å²) in [6.07, 6.45) is 8.50. The van der Waals surface area contributed by atoms with Gasteiger partial charge in [0.1, 0.15) is 0 Å². The predicted molar refractivity (Wildman–Crippen MR) is 110 cm³/mol. The van der Waals surface area contributed by atoms with Crippen LogP contribution >= 0.6 is 11.3 Å². The molecule has 27 heavy (non-hydrogen) atoms. The number of aryl methyl sites for hydroxylation is 2. The van der Waals surface area contributed by atoms with Gasteiger partial charge in [0.15, 0.2) is 0 Å². The van der Waals surface area contributed by atoms with E-state index in [1.807, 2.05) is 30.0 Å². The van der Waals surface area contributed by atoms with Crippen LogP contribution in [-0.4, -0.2) is 28.6 Å². The Morgan fingerprint density at radius 1 is 1.37 bits per heavy atom. The Morgan fingerprint density at radius 3 is 2.93 bits per heavy atom. The van der Waals surface area contributed by atoms with Crippen LogP contribution in [0.25, 0.3) is 0 Å². The number of rotatable bonds is 2. The summed E-state index contributed by atoms with van der Waals surface area (Å²) in [6, 6.07) is 5.57. The van der Waals surface area contributed by atoms with E-state index < -0.39 is 0 Å². The summed E-state index contributed by atoms with van der Waals surface area (Å²) in [7, 11) is 0. The van der Waals surface area contributed by atoms with Gasteiger partial charge >= 0.3 is 0 Å². The van der Waals surface area contributed by atoms with Crippen molar-refractivity contribution in [1.82, 2.24) is 9.88 Å². The normalized spacial score (nSPS) is 21.1. The van der Waals surface area contributed by atoms with Gasteiger partial charge in [-0.3, -0.25) is 4.79 Å². The molecule has 0 saturated carbocycles. The van der Waals surface area contributed by atoms with Gasteiger partial charge in [0, 0.05) is 41.2 Å². The van der Waals surface area contributed by atoms with Gasteiger partial charge in [0.2, 0.25) is 0 Å². The fourth-order valence-electron chi connectivity index (χ4n) is 4.06.